The summed E-state index contributed by atoms with van der Waals surface area (Å²) in [6.45, 7) is 0. The Balaban J connectivity index is 1.87. The standard InChI is InChI=1S/C16H14ClF3N4OS/c1-24-12(9-3-5-10(17)6-4-9)21-11-13(24)22-15(23-14(11)25)26-8-2-7-16(18,19)20/h3-6H,2,7-8H2,1H3,(H,22,23,25). The Labute approximate surface area is 155 Å². The first-order valence-electron chi connectivity index (χ1n) is 7.67. The van der Waals surface area contributed by atoms with Crippen LogP contribution in [-0.4, -0.2) is 31.4 Å². The first kappa shape index (κ1) is 18.8. The van der Waals surface area contributed by atoms with Crippen molar-refractivity contribution in [2.45, 2.75) is 24.2 Å². The molecule has 0 unspecified atom stereocenters. The van der Waals surface area contributed by atoms with Crippen molar-refractivity contribution in [1.82, 2.24) is 19.5 Å². The van der Waals surface area contributed by atoms with Crippen LogP contribution in [0.5, 0.6) is 0 Å². The second kappa shape index (κ2) is 7.32. The van der Waals surface area contributed by atoms with Crippen LogP contribution in [0.15, 0.2) is 34.2 Å². The Hall–Kier alpha value is -2.00. The summed E-state index contributed by atoms with van der Waals surface area (Å²) >= 11 is 6.97. The summed E-state index contributed by atoms with van der Waals surface area (Å²) < 4.78 is 38.3. The van der Waals surface area contributed by atoms with Crippen molar-refractivity contribution >= 4 is 34.5 Å². The highest BCUT2D eigenvalue weighted by molar-refractivity contribution is 7.99. The zero-order chi connectivity index (χ0) is 18.9. The Bertz CT molecular complexity index is 982. The number of fused-ring (bicyclic) bond motifs is 1. The number of nitrogens with one attached hydrogen (secondary N) is 1. The van der Waals surface area contributed by atoms with Crippen LogP contribution in [0, 0.1) is 0 Å². The maximum atomic E-state index is 12.3. The van der Waals surface area contributed by atoms with Crippen molar-refractivity contribution in [3.8, 4) is 11.4 Å². The Morgan fingerprint density at radius 1 is 1.23 bits per heavy atom. The summed E-state index contributed by atoms with van der Waals surface area (Å²) in [6.07, 6.45) is -5.09. The number of nitrogens with zero attached hydrogens (tertiary/aromatic N) is 3. The number of aromatic amines is 1. The molecule has 0 saturated carbocycles. The fraction of sp³-hybridized carbons (Fsp3) is 0.312. The van der Waals surface area contributed by atoms with E-state index in [2.05, 4.69) is 15.0 Å². The summed E-state index contributed by atoms with van der Waals surface area (Å²) in [7, 11) is 1.73. The molecule has 3 aromatic rings. The first-order chi connectivity index (χ1) is 12.2. The SMILES string of the molecule is Cn1c(-c2ccc(Cl)cc2)nc2c(=O)[nH]c(SCCCC(F)(F)F)nc21. The normalized spacial score (nSPS) is 12.0. The summed E-state index contributed by atoms with van der Waals surface area (Å²) in [5.74, 6) is 0.754. The Kier molecular flexibility index (Phi) is 5.29. The number of rotatable bonds is 5. The molecule has 0 bridgehead atoms. The van der Waals surface area contributed by atoms with Crippen molar-refractivity contribution in [3.05, 3.63) is 39.6 Å². The lowest BCUT2D eigenvalue weighted by Crippen LogP contribution is -2.10. The number of alkyl halides is 3. The monoisotopic (exact) mass is 402 g/mol. The maximum Gasteiger partial charge on any atom is 0.389 e. The molecule has 5 nitrogen and oxygen atoms in total. The second-order valence-electron chi connectivity index (χ2n) is 5.61. The Morgan fingerprint density at radius 2 is 1.92 bits per heavy atom. The minimum atomic E-state index is -4.18. The highest BCUT2D eigenvalue weighted by atomic mass is 35.5. The molecule has 0 spiro atoms. The van der Waals surface area contributed by atoms with E-state index in [9.17, 15) is 18.0 Å². The van der Waals surface area contributed by atoms with Gasteiger partial charge in [-0.25, -0.2) is 9.97 Å². The van der Waals surface area contributed by atoms with Gasteiger partial charge in [0.2, 0.25) is 0 Å². The van der Waals surface area contributed by atoms with Gasteiger partial charge < -0.3 is 4.57 Å². The number of thioether (sulfide) groups is 1. The van der Waals surface area contributed by atoms with Crippen molar-refractivity contribution in [3.63, 3.8) is 0 Å². The molecule has 0 radical (unpaired) electrons. The lowest BCUT2D eigenvalue weighted by molar-refractivity contribution is -0.134. The van der Waals surface area contributed by atoms with Gasteiger partial charge in [-0.2, -0.15) is 13.2 Å². The van der Waals surface area contributed by atoms with Gasteiger partial charge in [0.25, 0.3) is 5.56 Å². The van der Waals surface area contributed by atoms with Crippen molar-refractivity contribution < 1.29 is 13.2 Å². The van der Waals surface area contributed by atoms with Gasteiger partial charge in [-0.3, -0.25) is 9.78 Å². The molecule has 0 atom stereocenters. The largest absolute Gasteiger partial charge is 0.389 e. The van der Waals surface area contributed by atoms with Crippen LogP contribution >= 0.6 is 23.4 Å². The van der Waals surface area contributed by atoms with Crippen LogP contribution in [0.2, 0.25) is 5.02 Å². The third-order valence-electron chi connectivity index (χ3n) is 3.65. The zero-order valence-electron chi connectivity index (χ0n) is 13.6. The zero-order valence-corrected chi connectivity index (χ0v) is 15.2. The number of aryl methyl sites for hydroxylation is 1. The molecule has 138 valence electrons. The van der Waals surface area contributed by atoms with Gasteiger partial charge in [-0.05, 0) is 30.7 Å². The average molecular weight is 403 g/mol. The molecule has 26 heavy (non-hydrogen) atoms. The molecule has 10 heteroatoms. The second-order valence-corrected chi connectivity index (χ2v) is 7.13. The van der Waals surface area contributed by atoms with E-state index in [-0.39, 0.29) is 22.8 Å². The molecule has 2 heterocycles. The highest BCUT2D eigenvalue weighted by Crippen LogP contribution is 2.26. The lowest BCUT2D eigenvalue weighted by atomic mass is 10.2. The van der Waals surface area contributed by atoms with E-state index in [4.69, 9.17) is 11.6 Å². The highest BCUT2D eigenvalue weighted by Gasteiger charge is 2.26. The van der Waals surface area contributed by atoms with Crippen LogP contribution in [-0.2, 0) is 7.05 Å². The molecular formula is C16H14ClF3N4OS. The smallest absolute Gasteiger partial charge is 0.312 e. The third kappa shape index (κ3) is 4.21. The topological polar surface area (TPSA) is 63.6 Å². The molecule has 3 rings (SSSR count). The van der Waals surface area contributed by atoms with E-state index in [1.165, 1.54) is 0 Å². The van der Waals surface area contributed by atoms with Crippen molar-refractivity contribution in [2.75, 3.05) is 5.75 Å². The van der Waals surface area contributed by atoms with E-state index in [1.807, 2.05) is 0 Å². The number of hydrogen-bond acceptors (Lipinski definition) is 4. The van der Waals surface area contributed by atoms with Crippen molar-refractivity contribution in [2.24, 2.45) is 7.05 Å². The quantitative estimate of drug-likeness (QED) is 0.390. The fourth-order valence-electron chi connectivity index (χ4n) is 2.42. The number of imidazole rings is 1. The van der Waals surface area contributed by atoms with E-state index in [0.29, 0.717) is 16.5 Å². The predicted molar refractivity (Wildman–Crippen MR) is 95.6 cm³/mol. The number of halogens is 4. The number of hydrogen-bond donors (Lipinski definition) is 1. The minimum absolute atomic E-state index is 0.0443. The van der Waals surface area contributed by atoms with Gasteiger partial charge in [0.15, 0.2) is 16.3 Å². The van der Waals surface area contributed by atoms with Crippen LogP contribution < -0.4 is 5.56 Å². The van der Waals surface area contributed by atoms with E-state index >= 15 is 0 Å². The molecule has 0 aliphatic rings. The molecule has 0 amide bonds. The lowest BCUT2D eigenvalue weighted by Gasteiger charge is -2.05. The van der Waals surface area contributed by atoms with Gasteiger partial charge >= 0.3 is 6.18 Å². The molecule has 0 aliphatic heterocycles. The molecule has 2 aromatic heterocycles. The van der Waals surface area contributed by atoms with Gasteiger partial charge in [-0.1, -0.05) is 23.4 Å². The summed E-state index contributed by atoms with van der Waals surface area (Å²) in [6, 6.07) is 7.00. The van der Waals surface area contributed by atoms with Gasteiger partial charge in [0.1, 0.15) is 5.82 Å². The van der Waals surface area contributed by atoms with Gasteiger partial charge in [0, 0.05) is 29.8 Å². The maximum absolute atomic E-state index is 12.3. The molecule has 0 saturated heterocycles. The van der Waals surface area contributed by atoms with Gasteiger partial charge in [0.05, 0.1) is 0 Å². The van der Waals surface area contributed by atoms with Crippen LogP contribution in [0.1, 0.15) is 12.8 Å². The van der Waals surface area contributed by atoms with Crippen LogP contribution in [0.25, 0.3) is 22.6 Å². The molecule has 1 N–H and O–H groups in total. The minimum Gasteiger partial charge on any atom is -0.312 e. The number of H-pyrrole nitrogens is 1. The van der Waals surface area contributed by atoms with Crippen LogP contribution in [0.4, 0.5) is 13.2 Å². The first-order valence-corrected chi connectivity index (χ1v) is 9.03. The molecule has 0 aliphatic carbocycles. The number of benzene rings is 1. The average Bonchev–Trinajstić information content (AvgIpc) is 2.89. The predicted octanol–water partition coefficient (Wildman–Crippen LogP) is 4.41. The summed E-state index contributed by atoms with van der Waals surface area (Å²) in [5, 5.41) is 0.858. The third-order valence-corrected chi connectivity index (χ3v) is 4.87. The summed E-state index contributed by atoms with van der Waals surface area (Å²) in [4.78, 5) is 23.5. The molecule has 0 fully saturated rings. The van der Waals surface area contributed by atoms with E-state index in [1.54, 1.807) is 35.9 Å². The van der Waals surface area contributed by atoms with E-state index < -0.39 is 18.2 Å². The van der Waals surface area contributed by atoms with E-state index in [0.717, 1.165) is 17.3 Å². The summed E-state index contributed by atoms with van der Waals surface area (Å²) in [5.41, 5.74) is 0.895. The van der Waals surface area contributed by atoms with Crippen molar-refractivity contribution in [1.29, 1.82) is 0 Å². The molecular weight excluding hydrogens is 389 g/mol. The van der Waals surface area contributed by atoms with Crippen LogP contribution in [0.3, 0.4) is 0 Å². The fourth-order valence-corrected chi connectivity index (χ4v) is 3.34. The van der Waals surface area contributed by atoms with Gasteiger partial charge in [-0.15, -0.1) is 0 Å². The Morgan fingerprint density at radius 3 is 2.58 bits per heavy atom. The molecule has 1 aromatic carbocycles. The number of aromatic nitrogens is 4.